The lowest BCUT2D eigenvalue weighted by molar-refractivity contribution is -0.137. The number of amides is 2. The average Bonchev–Trinajstić information content (AvgIpc) is 2.95. The van der Waals surface area contributed by atoms with Gasteiger partial charge in [0.15, 0.2) is 27.3 Å². The van der Waals surface area contributed by atoms with Crippen molar-refractivity contribution in [1.82, 2.24) is 9.88 Å². The molecule has 2 saturated heterocycles. The zero-order chi connectivity index (χ0) is 20.6. The number of piperidine rings is 1. The van der Waals surface area contributed by atoms with Crippen LogP contribution in [-0.4, -0.2) is 55.5 Å². The topological polar surface area (TPSA) is 87.7 Å². The molecule has 0 radical (unpaired) electrons. The molecule has 28 heavy (non-hydrogen) atoms. The fourth-order valence-electron chi connectivity index (χ4n) is 3.37. The van der Waals surface area contributed by atoms with Crippen LogP contribution in [0.3, 0.4) is 0 Å². The second-order valence-corrected chi connectivity index (χ2v) is 9.16. The van der Waals surface area contributed by atoms with Crippen LogP contribution in [0.1, 0.15) is 32.6 Å². The van der Waals surface area contributed by atoms with Gasteiger partial charge in [-0.2, -0.15) is 9.37 Å². The first kappa shape index (κ1) is 20.6. The molecule has 3 rings (SSSR count). The number of rotatable bonds is 5. The van der Waals surface area contributed by atoms with E-state index in [-0.39, 0.29) is 12.8 Å². The first-order valence-electron chi connectivity index (χ1n) is 8.97. The molecule has 154 valence electrons. The van der Waals surface area contributed by atoms with E-state index in [2.05, 4.69) is 4.98 Å². The van der Waals surface area contributed by atoms with Gasteiger partial charge in [-0.15, -0.1) is 0 Å². The predicted molar refractivity (Wildman–Crippen MR) is 92.7 cm³/mol. The van der Waals surface area contributed by atoms with E-state index >= 15 is 0 Å². The van der Waals surface area contributed by atoms with E-state index in [1.165, 1.54) is 4.90 Å². The smallest absolute Gasteiger partial charge is 0.252 e. The highest BCUT2D eigenvalue weighted by Gasteiger charge is 2.35. The summed E-state index contributed by atoms with van der Waals surface area (Å²) in [5.41, 5.74) is 0. The number of likely N-dealkylation sites (tertiary alicyclic amines) is 1. The molecule has 7 nitrogen and oxygen atoms in total. The van der Waals surface area contributed by atoms with Crippen LogP contribution in [0.25, 0.3) is 0 Å². The summed E-state index contributed by atoms with van der Waals surface area (Å²) in [7, 11) is -4.65. The van der Waals surface area contributed by atoms with Crippen LogP contribution in [-0.2, 0) is 19.4 Å². The Labute approximate surface area is 160 Å². The fraction of sp³-hybridized carbons (Fsp3) is 0.588. The van der Waals surface area contributed by atoms with Crippen LogP contribution in [0.5, 0.6) is 0 Å². The summed E-state index contributed by atoms with van der Waals surface area (Å²) in [6, 6.07) is 0. The largest absolute Gasteiger partial charge is 0.354 e. The molecule has 0 bridgehead atoms. The molecule has 0 unspecified atom stereocenters. The van der Waals surface area contributed by atoms with Crippen molar-refractivity contribution >= 4 is 27.5 Å². The Morgan fingerprint density at radius 3 is 2.18 bits per heavy atom. The minimum Gasteiger partial charge on any atom is -0.354 e. The molecule has 2 fully saturated rings. The summed E-state index contributed by atoms with van der Waals surface area (Å²) in [5.74, 6) is -7.23. The van der Waals surface area contributed by atoms with Gasteiger partial charge in [0.05, 0.1) is 5.75 Å². The molecule has 2 aliphatic heterocycles. The molecule has 2 aliphatic rings. The number of hydrogen-bond donors (Lipinski definition) is 0. The number of imide groups is 1. The second kappa shape index (κ2) is 7.69. The van der Waals surface area contributed by atoms with Crippen molar-refractivity contribution < 1.29 is 31.2 Å². The summed E-state index contributed by atoms with van der Waals surface area (Å²) < 4.78 is 68.2. The van der Waals surface area contributed by atoms with Crippen LogP contribution in [0, 0.1) is 23.5 Å². The number of carbonyl (C=O) groups is 2. The lowest BCUT2D eigenvalue weighted by atomic mass is 9.99. The van der Waals surface area contributed by atoms with Crippen LogP contribution in [0.15, 0.2) is 4.90 Å². The van der Waals surface area contributed by atoms with Gasteiger partial charge in [0, 0.05) is 32.5 Å². The molecule has 1 aromatic rings. The highest BCUT2D eigenvalue weighted by Crippen LogP contribution is 2.31. The van der Waals surface area contributed by atoms with Gasteiger partial charge in [-0.05, 0) is 18.8 Å². The van der Waals surface area contributed by atoms with Crippen LogP contribution in [0.4, 0.5) is 19.0 Å². The molecule has 0 atom stereocenters. The zero-order valence-corrected chi connectivity index (χ0v) is 16.1. The Hall–Kier alpha value is -2.17. The van der Waals surface area contributed by atoms with Gasteiger partial charge in [-0.3, -0.25) is 14.5 Å². The molecule has 0 aliphatic carbocycles. The average molecular weight is 419 g/mol. The second-order valence-electron chi connectivity index (χ2n) is 7.11. The normalized spacial score (nSPS) is 19.0. The standard InChI is InChI=1S/C17H20F3N3O4S/c1-10-4-6-22(7-5-10)17-14(19)15(13(18)16(20)21-17)28(26,27)9-8-23-11(24)2-3-12(23)25/h10H,2-9H2,1H3. The molecule has 1 aromatic heterocycles. The molecular weight excluding hydrogens is 399 g/mol. The van der Waals surface area contributed by atoms with Gasteiger partial charge < -0.3 is 4.90 Å². The van der Waals surface area contributed by atoms with E-state index in [0.29, 0.717) is 31.8 Å². The molecule has 2 amide bonds. The van der Waals surface area contributed by atoms with Crippen LogP contribution >= 0.6 is 0 Å². The summed E-state index contributed by atoms with van der Waals surface area (Å²) >= 11 is 0. The maximum absolute atomic E-state index is 14.9. The summed E-state index contributed by atoms with van der Waals surface area (Å²) in [6.07, 6.45) is 1.29. The van der Waals surface area contributed by atoms with Crippen molar-refractivity contribution in [2.45, 2.75) is 37.5 Å². The van der Waals surface area contributed by atoms with E-state index in [0.717, 1.165) is 4.90 Å². The predicted octanol–water partition coefficient (Wildman–Crippen LogP) is 1.66. The fourth-order valence-corrected chi connectivity index (χ4v) is 4.72. The number of nitrogens with zero attached hydrogens (tertiary/aromatic N) is 3. The van der Waals surface area contributed by atoms with Gasteiger partial charge in [0.25, 0.3) is 5.95 Å². The van der Waals surface area contributed by atoms with E-state index < -0.39 is 62.2 Å². The first-order valence-corrected chi connectivity index (χ1v) is 10.6. The number of pyridine rings is 1. The number of aromatic nitrogens is 1. The molecule has 0 spiro atoms. The molecule has 0 N–H and O–H groups in total. The summed E-state index contributed by atoms with van der Waals surface area (Å²) in [5, 5.41) is 0. The van der Waals surface area contributed by atoms with Crippen molar-refractivity contribution in [2.24, 2.45) is 5.92 Å². The number of halogens is 3. The van der Waals surface area contributed by atoms with Crippen molar-refractivity contribution in [1.29, 1.82) is 0 Å². The lowest BCUT2D eigenvalue weighted by Crippen LogP contribution is -2.36. The van der Waals surface area contributed by atoms with Crippen molar-refractivity contribution in [2.75, 3.05) is 30.3 Å². The van der Waals surface area contributed by atoms with Gasteiger partial charge in [0.1, 0.15) is 4.90 Å². The van der Waals surface area contributed by atoms with Crippen LogP contribution in [0.2, 0.25) is 0 Å². The molecule has 0 saturated carbocycles. The quantitative estimate of drug-likeness (QED) is 0.533. The van der Waals surface area contributed by atoms with Crippen LogP contribution < -0.4 is 4.90 Å². The van der Waals surface area contributed by atoms with E-state index in [4.69, 9.17) is 0 Å². The molecular formula is C17H20F3N3O4S. The van der Waals surface area contributed by atoms with E-state index in [9.17, 15) is 31.2 Å². The minimum absolute atomic E-state index is 0.0387. The highest BCUT2D eigenvalue weighted by atomic mass is 32.2. The number of anilines is 1. The maximum Gasteiger partial charge on any atom is 0.252 e. The van der Waals surface area contributed by atoms with Crippen molar-refractivity contribution in [3.05, 3.63) is 17.6 Å². The zero-order valence-electron chi connectivity index (χ0n) is 15.3. The third-order valence-corrected chi connectivity index (χ3v) is 6.81. The van der Waals surface area contributed by atoms with Gasteiger partial charge in [-0.1, -0.05) is 6.92 Å². The molecule has 3 heterocycles. The number of sulfone groups is 1. The summed E-state index contributed by atoms with van der Waals surface area (Å²) in [4.78, 5) is 27.2. The summed E-state index contributed by atoms with van der Waals surface area (Å²) in [6.45, 7) is 2.14. The number of hydrogen-bond acceptors (Lipinski definition) is 6. The Kier molecular flexibility index (Phi) is 5.64. The Balaban J connectivity index is 1.91. The van der Waals surface area contributed by atoms with Gasteiger partial charge in [-0.25, -0.2) is 17.2 Å². The first-order chi connectivity index (χ1) is 13.1. The van der Waals surface area contributed by atoms with E-state index in [1.807, 2.05) is 6.92 Å². The minimum atomic E-state index is -4.65. The SMILES string of the molecule is CC1CCN(c2nc(F)c(F)c(S(=O)(=O)CCN3C(=O)CCC3=O)c2F)CC1. The lowest BCUT2D eigenvalue weighted by Gasteiger charge is -2.31. The Bertz CT molecular complexity index is 899. The number of carbonyl (C=O) groups excluding carboxylic acids is 2. The third kappa shape index (κ3) is 3.85. The third-order valence-electron chi connectivity index (χ3n) is 5.11. The Morgan fingerprint density at radius 1 is 1.04 bits per heavy atom. The Morgan fingerprint density at radius 2 is 1.61 bits per heavy atom. The van der Waals surface area contributed by atoms with Gasteiger partial charge in [0.2, 0.25) is 11.8 Å². The van der Waals surface area contributed by atoms with E-state index in [1.54, 1.807) is 0 Å². The van der Waals surface area contributed by atoms with Crippen molar-refractivity contribution in [3.63, 3.8) is 0 Å². The van der Waals surface area contributed by atoms with Crippen molar-refractivity contribution in [3.8, 4) is 0 Å². The van der Waals surface area contributed by atoms with Gasteiger partial charge >= 0.3 is 0 Å². The monoisotopic (exact) mass is 419 g/mol. The highest BCUT2D eigenvalue weighted by molar-refractivity contribution is 7.91. The maximum atomic E-state index is 14.9. The molecule has 11 heteroatoms. The molecule has 0 aromatic carbocycles.